The quantitative estimate of drug-likeness (QED) is 0.604. The molecule has 0 aliphatic rings. The number of rotatable bonds is 2. The van der Waals surface area contributed by atoms with Gasteiger partial charge in [0.15, 0.2) is 0 Å². The van der Waals surface area contributed by atoms with Crippen LogP contribution in [-0.2, 0) is 4.74 Å². The lowest BCUT2D eigenvalue weighted by Gasteiger charge is -2.12. The summed E-state index contributed by atoms with van der Waals surface area (Å²) in [5.74, 6) is -1.21. The van der Waals surface area contributed by atoms with E-state index in [2.05, 4.69) is 0 Å². The standard InChI is InChI=1S/C20H22O3/c1-11-7-9-17(15(5)13(11)3)19(21)23-20(22)18-10-8-12(2)14(4)16(18)6/h7-10H,1-6H3. The van der Waals surface area contributed by atoms with Crippen molar-refractivity contribution in [1.82, 2.24) is 0 Å². The second-order valence-electron chi connectivity index (χ2n) is 6.04. The number of aryl methyl sites for hydroxylation is 2. The first-order valence-electron chi connectivity index (χ1n) is 7.64. The molecule has 0 aromatic heterocycles. The predicted molar refractivity (Wildman–Crippen MR) is 91.1 cm³/mol. The highest BCUT2D eigenvalue weighted by Gasteiger charge is 2.20. The highest BCUT2D eigenvalue weighted by molar-refractivity contribution is 6.04. The molecule has 3 heteroatoms. The van der Waals surface area contributed by atoms with E-state index in [1.807, 2.05) is 53.7 Å². The van der Waals surface area contributed by atoms with Gasteiger partial charge >= 0.3 is 11.9 Å². The van der Waals surface area contributed by atoms with Crippen molar-refractivity contribution in [2.45, 2.75) is 41.5 Å². The Morgan fingerprint density at radius 3 is 1.30 bits per heavy atom. The number of esters is 2. The zero-order valence-electron chi connectivity index (χ0n) is 14.5. The van der Waals surface area contributed by atoms with Gasteiger partial charge in [-0.15, -0.1) is 0 Å². The third-order valence-electron chi connectivity index (χ3n) is 4.74. The van der Waals surface area contributed by atoms with Gasteiger partial charge in [0.05, 0.1) is 11.1 Å². The van der Waals surface area contributed by atoms with E-state index in [0.717, 1.165) is 33.4 Å². The summed E-state index contributed by atoms with van der Waals surface area (Å²) >= 11 is 0. The van der Waals surface area contributed by atoms with Crippen molar-refractivity contribution in [3.63, 3.8) is 0 Å². The molecule has 0 saturated carbocycles. The lowest BCUT2D eigenvalue weighted by Crippen LogP contribution is -2.16. The minimum atomic E-state index is -0.603. The fourth-order valence-corrected chi connectivity index (χ4v) is 2.55. The number of hydrogen-bond donors (Lipinski definition) is 0. The highest BCUT2D eigenvalue weighted by Crippen LogP contribution is 2.21. The van der Waals surface area contributed by atoms with E-state index < -0.39 is 11.9 Å². The molecule has 0 amide bonds. The Balaban J connectivity index is 2.29. The van der Waals surface area contributed by atoms with E-state index in [0.29, 0.717) is 11.1 Å². The Kier molecular flexibility index (Phi) is 4.69. The normalized spacial score (nSPS) is 10.5. The van der Waals surface area contributed by atoms with Crippen molar-refractivity contribution in [1.29, 1.82) is 0 Å². The van der Waals surface area contributed by atoms with Crippen LogP contribution < -0.4 is 0 Å². The fraction of sp³-hybridized carbons (Fsp3) is 0.300. The molecule has 2 aromatic carbocycles. The van der Waals surface area contributed by atoms with Crippen molar-refractivity contribution in [2.75, 3.05) is 0 Å². The van der Waals surface area contributed by atoms with Crippen molar-refractivity contribution in [3.8, 4) is 0 Å². The van der Waals surface area contributed by atoms with E-state index in [-0.39, 0.29) is 0 Å². The maximum Gasteiger partial charge on any atom is 0.346 e. The minimum Gasteiger partial charge on any atom is -0.386 e. The molecule has 23 heavy (non-hydrogen) atoms. The molecular formula is C20H22O3. The molecule has 120 valence electrons. The number of carbonyl (C=O) groups excluding carboxylic acids is 2. The molecular weight excluding hydrogens is 288 g/mol. The molecule has 0 spiro atoms. The summed E-state index contributed by atoms with van der Waals surface area (Å²) in [6.45, 7) is 11.6. The van der Waals surface area contributed by atoms with E-state index in [4.69, 9.17) is 4.74 Å². The van der Waals surface area contributed by atoms with Gasteiger partial charge in [0, 0.05) is 0 Å². The molecule has 2 aromatic rings. The molecule has 0 heterocycles. The number of carbonyl (C=O) groups is 2. The number of ether oxygens (including phenoxy) is 1. The third-order valence-corrected chi connectivity index (χ3v) is 4.74. The van der Waals surface area contributed by atoms with Gasteiger partial charge in [0.2, 0.25) is 0 Å². The second kappa shape index (κ2) is 6.37. The van der Waals surface area contributed by atoms with Crippen LogP contribution in [0.3, 0.4) is 0 Å². The topological polar surface area (TPSA) is 43.4 Å². The molecule has 0 aliphatic heterocycles. The van der Waals surface area contributed by atoms with E-state index >= 15 is 0 Å². The maximum atomic E-state index is 12.3. The lowest BCUT2D eigenvalue weighted by molar-refractivity contribution is 0.0396. The average Bonchev–Trinajstić information content (AvgIpc) is 2.50. The van der Waals surface area contributed by atoms with Crippen LogP contribution in [0.4, 0.5) is 0 Å². The first-order chi connectivity index (χ1) is 10.7. The van der Waals surface area contributed by atoms with Crippen LogP contribution in [0.2, 0.25) is 0 Å². The van der Waals surface area contributed by atoms with Crippen molar-refractivity contribution in [2.24, 2.45) is 0 Å². The van der Waals surface area contributed by atoms with Gasteiger partial charge in [-0.3, -0.25) is 0 Å². The monoisotopic (exact) mass is 310 g/mol. The van der Waals surface area contributed by atoms with Crippen LogP contribution in [0, 0.1) is 41.5 Å². The first-order valence-corrected chi connectivity index (χ1v) is 7.64. The zero-order chi connectivity index (χ0) is 17.3. The van der Waals surface area contributed by atoms with Gasteiger partial charge < -0.3 is 4.74 Å². The summed E-state index contributed by atoms with van der Waals surface area (Å²) in [5, 5.41) is 0. The van der Waals surface area contributed by atoms with Gasteiger partial charge in [-0.05, 0) is 87.1 Å². The largest absolute Gasteiger partial charge is 0.386 e. The summed E-state index contributed by atoms with van der Waals surface area (Å²) < 4.78 is 5.10. The third kappa shape index (κ3) is 3.19. The van der Waals surface area contributed by atoms with E-state index in [1.165, 1.54) is 0 Å². The number of benzene rings is 2. The molecule has 2 rings (SSSR count). The van der Waals surface area contributed by atoms with Crippen LogP contribution >= 0.6 is 0 Å². The Bertz CT molecular complexity index is 734. The highest BCUT2D eigenvalue weighted by atomic mass is 16.6. The van der Waals surface area contributed by atoms with Gasteiger partial charge in [0.1, 0.15) is 0 Å². The summed E-state index contributed by atoms with van der Waals surface area (Å²) in [6.07, 6.45) is 0. The molecule has 0 N–H and O–H groups in total. The summed E-state index contributed by atoms with van der Waals surface area (Å²) in [4.78, 5) is 24.7. The second-order valence-corrected chi connectivity index (χ2v) is 6.04. The maximum absolute atomic E-state index is 12.3. The zero-order valence-corrected chi connectivity index (χ0v) is 14.5. The average molecular weight is 310 g/mol. The van der Waals surface area contributed by atoms with E-state index in [9.17, 15) is 9.59 Å². The molecule has 0 unspecified atom stereocenters. The Labute approximate surface area is 137 Å². The smallest absolute Gasteiger partial charge is 0.346 e. The molecule has 0 aliphatic carbocycles. The molecule has 3 nitrogen and oxygen atoms in total. The van der Waals surface area contributed by atoms with Crippen molar-refractivity contribution < 1.29 is 14.3 Å². The van der Waals surface area contributed by atoms with Gasteiger partial charge in [-0.25, -0.2) is 9.59 Å². The molecule has 0 atom stereocenters. The Morgan fingerprint density at radius 2 is 0.957 bits per heavy atom. The van der Waals surface area contributed by atoms with Crippen LogP contribution in [0.15, 0.2) is 24.3 Å². The van der Waals surface area contributed by atoms with Gasteiger partial charge in [0.25, 0.3) is 0 Å². The summed E-state index contributed by atoms with van der Waals surface area (Å²) in [5.41, 5.74) is 6.85. The van der Waals surface area contributed by atoms with Gasteiger partial charge in [-0.1, -0.05) is 12.1 Å². The Hall–Kier alpha value is -2.42. The van der Waals surface area contributed by atoms with Crippen LogP contribution in [0.1, 0.15) is 54.1 Å². The minimum absolute atomic E-state index is 0.433. The van der Waals surface area contributed by atoms with Crippen LogP contribution in [0.5, 0.6) is 0 Å². The van der Waals surface area contributed by atoms with Crippen LogP contribution in [0.25, 0.3) is 0 Å². The fourth-order valence-electron chi connectivity index (χ4n) is 2.55. The number of hydrogen-bond acceptors (Lipinski definition) is 3. The summed E-state index contributed by atoms with van der Waals surface area (Å²) in [6, 6.07) is 7.15. The SMILES string of the molecule is Cc1ccc(C(=O)OC(=O)c2ccc(C)c(C)c2C)c(C)c1C. The van der Waals surface area contributed by atoms with Crippen LogP contribution in [-0.4, -0.2) is 11.9 Å². The van der Waals surface area contributed by atoms with Gasteiger partial charge in [-0.2, -0.15) is 0 Å². The summed E-state index contributed by atoms with van der Waals surface area (Å²) in [7, 11) is 0. The van der Waals surface area contributed by atoms with E-state index in [1.54, 1.807) is 12.1 Å². The first kappa shape index (κ1) is 16.9. The Morgan fingerprint density at radius 1 is 0.609 bits per heavy atom. The molecule has 0 fully saturated rings. The molecule has 0 radical (unpaired) electrons. The molecule has 0 saturated heterocycles. The predicted octanol–water partition coefficient (Wildman–Crippen LogP) is 4.53. The lowest BCUT2D eigenvalue weighted by atomic mass is 9.98. The van der Waals surface area contributed by atoms with Crippen molar-refractivity contribution in [3.05, 3.63) is 68.8 Å². The molecule has 0 bridgehead atoms. The van der Waals surface area contributed by atoms with Crippen molar-refractivity contribution >= 4 is 11.9 Å².